The molecule has 1 aliphatic rings. The molecule has 1 saturated heterocycles. The fraction of sp³-hybridized carbons (Fsp3) is 0.722. The second-order valence-corrected chi connectivity index (χ2v) is 5.17. The lowest BCUT2D eigenvalue weighted by Gasteiger charge is -2.27. The SMILES string of the molecule is C=C(C)N1CCCC1C(=O)NC(CCC)C(=O)C(N)=O.CC.CC. The van der Waals surface area contributed by atoms with E-state index in [-0.39, 0.29) is 11.9 Å². The first-order valence-electron chi connectivity index (χ1n) is 8.94. The first-order chi connectivity index (χ1) is 11.4. The van der Waals surface area contributed by atoms with Crippen LogP contribution in [0.3, 0.4) is 0 Å². The maximum Gasteiger partial charge on any atom is 0.287 e. The van der Waals surface area contributed by atoms with E-state index in [9.17, 15) is 14.4 Å². The van der Waals surface area contributed by atoms with Crippen molar-refractivity contribution in [2.24, 2.45) is 5.73 Å². The number of hydrogen-bond donors (Lipinski definition) is 2. The predicted molar refractivity (Wildman–Crippen MR) is 98.3 cm³/mol. The van der Waals surface area contributed by atoms with Crippen molar-refractivity contribution >= 4 is 17.6 Å². The summed E-state index contributed by atoms with van der Waals surface area (Å²) in [7, 11) is 0. The van der Waals surface area contributed by atoms with Crippen molar-refractivity contribution in [3.8, 4) is 0 Å². The number of nitrogens with one attached hydrogen (secondary N) is 1. The molecule has 6 nitrogen and oxygen atoms in total. The number of Topliss-reactive ketones (excluding diaryl/α,β-unsaturated/α-hetero) is 1. The Labute approximate surface area is 146 Å². The standard InChI is InChI=1S/C14H23N3O3.2C2H6/c1-4-6-10(12(18)13(15)19)16-14(20)11-7-5-8-17(11)9(2)3;2*1-2/h10-11H,2,4-8H2,1,3H3,(H2,15,19)(H,16,20);2*1-2H3. The molecule has 24 heavy (non-hydrogen) atoms. The Morgan fingerprint density at radius 2 is 1.79 bits per heavy atom. The Balaban J connectivity index is 0. The third kappa shape index (κ3) is 7.62. The molecule has 0 radical (unpaired) electrons. The van der Waals surface area contributed by atoms with Gasteiger partial charge in [0, 0.05) is 12.2 Å². The lowest BCUT2D eigenvalue weighted by atomic mass is 10.1. The van der Waals surface area contributed by atoms with Crippen LogP contribution in [-0.4, -0.2) is 41.1 Å². The molecule has 0 aromatic carbocycles. The number of primary amides is 1. The molecule has 2 atom stereocenters. The van der Waals surface area contributed by atoms with E-state index < -0.39 is 17.7 Å². The average Bonchev–Trinajstić information content (AvgIpc) is 3.07. The zero-order valence-corrected chi connectivity index (χ0v) is 16.1. The monoisotopic (exact) mass is 341 g/mol. The molecule has 0 aromatic heterocycles. The zero-order valence-electron chi connectivity index (χ0n) is 16.1. The molecule has 140 valence electrons. The van der Waals surface area contributed by atoms with Gasteiger partial charge in [-0.05, 0) is 26.2 Å². The molecule has 0 saturated carbocycles. The van der Waals surface area contributed by atoms with Gasteiger partial charge in [-0.15, -0.1) is 0 Å². The summed E-state index contributed by atoms with van der Waals surface area (Å²) in [4.78, 5) is 36.9. The van der Waals surface area contributed by atoms with Crippen molar-refractivity contribution < 1.29 is 14.4 Å². The summed E-state index contributed by atoms with van der Waals surface area (Å²) >= 11 is 0. The number of carbonyl (C=O) groups is 3. The summed E-state index contributed by atoms with van der Waals surface area (Å²) in [6.45, 7) is 16.4. The highest BCUT2D eigenvalue weighted by molar-refractivity contribution is 6.37. The number of nitrogens with two attached hydrogens (primary N) is 1. The average molecular weight is 341 g/mol. The molecular weight excluding hydrogens is 306 g/mol. The van der Waals surface area contributed by atoms with Gasteiger partial charge < -0.3 is 16.0 Å². The van der Waals surface area contributed by atoms with Gasteiger partial charge in [0.25, 0.3) is 5.91 Å². The maximum absolute atomic E-state index is 12.3. The number of nitrogens with zero attached hydrogens (tertiary/aromatic N) is 1. The van der Waals surface area contributed by atoms with Gasteiger partial charge >= 0.3 is 0 Å². The van der Waals surface area contributed by atoms with Crippen LogP contribution < -0.4 is 11.1 Å². The molecule has 0 aromatic rings. The van der Waals surface area contributed by atoms with Gasteiger partial charge in [-0.3, -0.25) is 14.4 Å². The molecular formula is C18H35N3O3. The number of ketones is 1. The molecule has 1 heterocycles. The first kappa shape index (κ1) is 24.4. The van der Waals surface area contributed by atoms with E-state index in [4.69, 9.17) is 5.73 Å². The Hall–Kier alpha value is -1.85. The minimum Gasteiger partial charge on any atom is -0.364 e. The van der Waals surface area contributed by atoms with Gasteiger partial charge in [0.15, 0.2) is 0 Å². The fourth-order valence-electron chi connectivity index (χ4n) is 2.49. The molecule has 3 N–H and O–H groups in total. The van der Waals surface area contributed by atoms with Crippen LogP contribution in [0.2, 0.25) is 0 Å². The zero-order chi connectivity index (χ0) is 19.3. The molecule has 0 bridgehead atoms. The molecule has 0 aliphatic carbocycles. The van der Waals surface area contributed by atoms with E-state index in [1.807, 2.05) is 46.4 Å². The van der Waals surface area contributed by atoms with Crippen molar-refractivity contribution in [2.75, 3.05) is 6.54 Å². The Kier molecular flexibility index (Phi) is 13.8. The van der Waals surface area contributed by atoms with Crippen LogP contribution in [0, 0.1) is 0 Å². The summed E-state index contributed by atoms with van der Waals surface area (Å²) in [5.74, 6) is -1.98. The minimum absolute atomic E-state index is 0.237. The molecule has 2 amide bonds. The first-order valence-corrected chi connectivity index (χ1v) is 8.94. The van der Waals surface area contributed by atoms with E-state index in [0.29, 0.717) is 12.8 Å². The Morgan fingerprint density at radius 1 is 1.25 bits per heavy atom. The predicted octanol–water partition coefficient (Wildman–Crippen LogP) is 2.38. The van der Waals surface area contributed by atoms with Gasteiger partial charge in [-0.25, -0.2) is 0 Å². The number of allylic oxidation sites excluding steroid dienone is 1. The second kappa shape index (κ2) is 13.6. The summed E-state index contributed by atoms with van der Waals surface area (Å²) in [6, 6.07) is -1.13. The number of likely N-dealkylation sites (tertiary alicyclic amines) is 1. The second-order valence-electron chi connectivity index (χ2n) is 5.17. The topological polar surface area (TPSA) is 92.5 Å². The van der Waals surface area contributed by atoms with E-state index >= 15 is 0 Å². The summed E-state index contributed by atoms with van der Waals surface area (Å²) in [6.07, 6.45) is 2.72. The van der Waals surface area contributed by atoms with Crippen LogP contribution >= 0.6 is 0 Å². The molecule has 2 unspecified atom stereocenters. The van der Waals surface area contributed by atoms with Crippen molar-refractivity contribution in [1.29, 1.82) is 0 Å². The van der Waals surface area contributed by atoms with Crippen molar-refractivity contribution in [3.05, 3.63) is 12.3 Å². The highest BCUT2D eigenvalue weighted by Crippen LogP contribution is 2.21. The number of carbonyl (C=O) groups excluding carboxylic acids is 3. The van der Waals surface area contributed by atoms with Crippen LogP contribution in [0.25, 0.3) is 0 Å². The van der Waals surface area contributed by atoms with E-state index in [1.165, 1.54) is 0 Å². The third-order valence-electron chi connectivity index (χ3n) is 3.50. The molecule has 1 rings (SSSR count). The fourth-order valence-corrected chi connectivity index (χ4v) is 2.49. The van der Waals surface area contributed by atoms with Crippen molar-refractivity contribution in [2.45, 2.75) is 79.3 Å². The molecule has 6 heteroatoms. The van der Waals surface area contributed by atoms with Gasteiger partial charge in [-0.1, -0.05) is 47.6 Å². The van der Waals surface area contributed by atoms with Gasteiger partial charge in [0.05, 0.1) is 6.04 Å². The highest BCUT2D eigenvalue weighted by atomic mass is 16.2. The molecule has 1 fully saturated rings. The summed E-state index contributed by atoms with van der Waals surface area (Å²) in [5, 5.41) is 2.65. The normalized spacial score (nSPS) is 16.8. The third-order valence-corrected chi connectivity index (χ3v) is 3.50. The maximum atomic E-state index is 12.3. The van der Waals surface area contributed by atoms with E-state index in [1.54, 1.807) is 0 Å². The molecule has 1 aliphatic heterocycles. The van der Waals surface area contributed by atoms with Crippen LogP contribution in [0.1, 0.15) is 67.2 Å². The van der Waals surface area contributed by atoms with Gasteiger partial charge in [0.2, 0.25) is 11.7 Å². The quantitative estimate of drug-likeness (QED) is 0.695. The van der Waals surface area contributed by atoms with Gasteiger partial charge in [0.1, 0.15) is 6.04 Å². The van der Waals surface area contributed by atoms with Crippen molar-refractivity contribution in [3.63, 3.8) is 0 Å². The number of amides is 2. The number of hydrogen-bond acceptors (Lipinski definition) is 4. The van der Waals surface area contributed by atoms with Crippen LogP contribution in [0.5, 0.6) is 0 Å². The summed E-state index contributed by atoms with van der Waals surface area (Å²) < 4.78 is 0. The van der Waals surface area contributed by atoms with Crippen LogP contribution in [0.4, 0.5) is 0 Å². The van der Waals surface area contributed by atoms with E-state index in [2.05, 4.69) is 11.9 Å². The summed E-state index contributed by atoms with van der Waals surface area (Å²) in [5.41, 5.74) is 5.84. The molecule has 0 spiro atoms. The highest BCUT2D eigenvalue weighted by Gasteiger charge is 2.33. The largest absolute Gasteiger partial charge is 0.364 e. The Morgan fingerprint density at radius 3 is 2.21 bits per heavy atom. The van der Waals surface area contributed by atoms with Crippen LogP contribution in [0.15, 0.2) is 12.3 Å². The van der Waals surface area contributed by atoms with Crippen molar-refractivity contribution in [1.82, 2.24) is 10.2 Å². The van der Waals surface area contributed by atoms with E-state index in [0.717, 1.165) is 25.1 Å². The lowest BCUT2D eigenvalue weighted by Crippen LogP contribution is -2.51. The van der Waals surface area contributed by atoms with Crippen LogP contribution in [-0.2, 0) is 14.4 Å². The Bertz CT molecular complexity index is 422. The minimum atomic E-state index is -1.01. The number of rotatable bonds is 7. The van der Waals surface area contributed by atoms with Gasteiger partial charge in [-0.2, -0.15) is 0 Å². The smallest absolute Gasteiger partial charge is 0.287 e. The lowest BCUT2D eigenvalue weighted by molar-refractivity contribution is -0.138.